The first-order valence-electron chi connectivity index (χ1n) is 5.75. The van der Waals surface area contributed by atoms with Gasteiger partial charge in [-0.2, -0.15) is 11.8 Å². The highest BCUT2D eigenvalue weighted by Crippen LogP contribution is 2.11. The predicted molar refractivity (Wildman–Crippen MR) is 75.7 cm³/mol. The van der Waals surface area contributed by atoms with E-state index in [9.17, 15) is 9.59 Å². The van der Waals surface area contributed by atoms with Crippen molar-refractivity contribution in [3.63, 3.8) is 0 Å². The number of pyridine rings is 1. The minimum absolute atomic E-state index is 0.334. The Morgan fingerprint density at radius 2 is 2.26 bits per heavy atom. The summed E-state index contributed by atoms with van der Waals surface area (Å²) < 4.78 is 0. The Morgan fingerprint density at radius 3 is 2.84 bits per heavy atom. The fraction of sp³-hybridized carbons (Fsp3) is 0.417. The monoisotopic (exact) mass is 283 g/mol. The van der Waals surface area contributed by atoms with Gasteiger partial charge in [0.05, 0.1) is 5.56 Å². The zero-order valence-corrected chi connectivity index (χ0v) is 11.7. The third-order valence-electron chi connectivity index (χ3n) is 2.50. The van der Waals surface area contributed by atoms with Gasteiger partial charge in [0.15, 0.2) is 0 Å². The van der Waals surface area contributed by atoms with Crippen molar-refractivity contribution in [2.24, 2.45) is 0 Å². The zero-order chi connectivity index (χ0) is 14.3. The number of rotatable bonds is 7. The zero-order valence-electron chi connectivity index (χ0n) is 10.8. The molecule has 0 aliphatic rings. The molecule has 0 aliphatic heterocycles. The van der Waals surface area contributed by atoms with Crippen molar-refractivity contribution in [3.8, 4) is 0 Å². The van der Waals surface area contributed by atoms with Crippen LogP contribution in [0.3, 0.4) is 0 Å². The number of aromatic nitrogens is 1. The van der Waals surface area contributed by atoms with Crippen LogP contribution in [0.5, 0.6) is 0 Å². The van der Waals surface area contributed by atoms with Gasteiger partial charge in [-0.25, -0.2) is 9.78 Å². The standard InChI is InChI=1S/C12H17N3O3S/c1-13-10-8(4-3-6-14-10)11(16)15-9(12(17)18)5-7-19-2/h3-4,6,9H,5,7H2,1-2H3,(H,13,14)(H,15,16)(H,17,18)/t9-/m1/s1. The third kappa shape index (κ3) is 4.44. The van der Waals surface area contributed by atoms with E-state index in [-0.39, 0.29) is 0 Å². The van der Waals surface area contributed by atoms with E-state index >= 15 is 0 Å². The SMILES string of the molecule is CNc1ncccc1C(=O)N[C@H](CCSC)C(=O)O. The number of carbonyl (C=O) groups excluding carboxylic acids is 1. The summed E-state index contributed by atoms with van der Waals surface area (Å²) in [5.74, 6) is -0.374. The Balaban J connectivity index is 2.78. The highest BCUT2D eigenvalue weighted by atomic mass is 32.2. The number of anilines is 1. The molecule has 7 heteroatoms. The van der Waals surface area contributed by atoms with Gasteiger partial charge in [0, 0.05) is 13.2 Å². The molecule has 1 heterocycles. The van der Waals surface area contributed by atoms with Gasteiger partial charge in [-0.05, 0) is 30.6 Å². The number of nitrogens with one attached hydrogen (secondary N) is 2. The first-order valence-corrected chi connectivity index (χ1v) is 7.15. The summed E-state index contributed by atoms with van der Waals surface area (Å²) >= 11 is 1.54. The van der Waals surface area contributed by atoms with E-state index in [0.29, 0.717) is 23.6 Å². The molecule has 0 radical (unpaired) electrons. The molecule has 0 fully saturated rings. The number of carbonyl (C=O) groups is 2. The molecule has 1 atom stereocenters. The largest absolute Gasteiger partial charge is 0.480 e. The smallest absolute Gasteiger partial charge is 0.326 e. The second kappa shape index (κ2) is 7.63. The van der Waals surface area contributed by atoms with E-state index in [0.717, 1.165) is 0 Å². The third-order valence-corrected chi connectivity index (χ3v) is 3.15. The summed E-state index contributed by atoms with van der Waals surface area (Å²) in [6.07, 6.45) is 3.84. The van der Waals surface area contributed by atoms with Crippen molar-refractivity contribution in [2.75, 3.05) is 24.4 Å². The first kappa shape index (κ1) is 15.3. The lowest BCUT2D eigenvalue weighted by molar-refractivity contribution is -0.139. The summed E-state index contributed by atoms with van der Waals surface area (Å²) in [6, 6.07) is 2.35. The number of carboxylic acids is 1. The molecule has 0 unspecified atom stereocenters. The van der Waals surface area contributed by atoms with E-state index < -0.39 is 17.9 Å². The van der Waals surface area contributed by atoms with Gasteiger partial charge in [-0.15, -0.1) is 0 Å². The molecule has 1 aromatic heterocycles. The van der Waals surface area contributed by atoms with E-state index in [1.807, 2.05) is 6.26 Å². The van der Waals surface area contributed by atoms with Gasteiger partial charge in [0.25, 0.3) is 5.91 Å². The number of amides is 1. The maximum absolute atomic E-state index is 12.0. The van der Waals surface area contributed by atoms with Crippen LogP contribution in [-0.2, 0) is 4.79 Å². The normalized spacial score (nSPS) is 11.7. The molecular weight excluding hydrogens is 266 g/mol. The van der Waals surface area contributed by atoms with Crippen LogP contribution in [0.4, 0.5) is 5.82 Å². The Hall–Kier alpha value is -1.76. The fourth-order valence-electron chi connectivity index (χ4n) is 1.52. The van der Waals surface area contributed by atoms with Crippen LogP contribution in [0.25, 0.3) is 0 Å². The number of thioether (sulfide) groups is 1. The van der Waals surface area contributed by atoms with Crippen molar-refractivity contribution < 1.29 is 14.7 Å². The average molecular weight is 283 g/mol. The van der Waals surface area contributed by atoms with Crippen LogP contribution in [-0.4, -0.2) is 47.1 Å². The highest BCUT2D eigenvalue weighted by molar-refractivity contribution is 7.98. The maximum atomic E-state index is 12.0. The lowest BCUT2D eigenvalue weighted by Gasteiger charge is -2.15. The van der Waals surface area contributed by atoms with Crippen molar-refractivity contribution in [1.82, 2.24) is 10.3 Å². The van der Waals surface area contributed by atoms with Crippen LogP contribution in [0.1, 0.15) is 16.8 Å². The predicted octanol–water partition coefficient (Wildman–Crippen LogP) is 1.06. The van der Waals surface area contributed by atoms with E-state index in [1.54, 1.807) is 25.4 Å². The molecule has 104 valence electrons. The molecular formula is C12H17N3O3S. The average Bonchev–Trinajstić information content (AvgIpc) is 2.42. The van der Waals surface area contributed by atoms with Crippen LogP contribution in [0.15, 0.2) is 18.3 Å². The van der Waals surface area contributed by atoms with Crippen molar-refractivity contribution >= 4 is 29.5 Å². The summed E-state index contributed by atoms with van der Waals surface area (Å²) in [5, 5.41) is 14.4. The summed E-state index contributed by atoms with van der Waals surface area (Å²) in [6.45, 7) is 0. The Kier molecular flexibility index (Phi) is 6.14. The molecule has 1 rings (SSSR count). The lowest BCUT2D eigenvalue weighted by Crippen LogP contribution is -2.41. The second-order valence-electron chi connectivity index (χ2n) is 3.80. The Morgan fingerprint density at radius 1 is 1.53 bits per heavy atom. The number of hydrogen-bond acceptors (Lipinski definition) is 5. The van der Waals surface area contributed by atoms with Gasteiger partial charge < -0.3 is 15.7 Å². The molecule has 1 aromatic rings. The quantitative estimate of drug-likeness (QED) is 0.693. The van der Waals surface area contributed by atoms with Gasteiger partial charge in [-0.1, -0.05) is 0 Å². The van der Waals surface area contributed by atoms with E-state index in [4.69, 9.17) is 5.11 Å². The molecule has 0 aliphatic carbocycles. The molecule has 3 N–H and O–H groups in total. The summed E-state index contributed by atoms with van der Waals surface area (Å²) in [4.78, 5) is 27.1. The van der Waals surface area contributed by atoms with Crippen molar-refractivity contribution in [1.29, 1.82) is 0 Å². The number of nitrogens with zero attached hydrogens (tertiary/aromatic N) is 1. The molecule has 19 heavy (non-hydrogen) atoms. The van der Waals surface area contributed by atoms with Gasteiger partial charge in [0.1, 0.15) is 11.9 Å². The second-order valence-corrected chi connectivity index (χ2v) is 4.78. The molecule has 0 saturated heterocycles. The van der Waals surface area contributed by atoms with Crippen LogP contribution < -0.4 is 10.6 Å². The van der Waals surface area contributed by atoms with E-state index in [2.05, 4.69) is 15.6 Å². The first-order chi connectivity index (χ1) is 9.10. The minimum Gasteiger partial charge on any atom is -0.480 e. The summed E-state index contributed by atoms with van der Waals surface area (Å²) in [7, 11) is 1.65. The van der Waals surface area contributed by atoms with Crippen molar-refractivity contribution in [3.05, 3.63) is 23.9 Å². The van der Waals surface area contributed by atoms with Crippen LogP contribution in [0.2, 0.25) is 0 Å². The topological polar surface area (TPSA) is 91.3 Å². The summed E-state index contributed by atoms with van der Waals surface area (Å²) in [5.41, 5.74) is 0.334. The van der Waals surface area contributed by atoms with Crippen LogP contribution >= 0.6 is 11.8 Å². The molecule has 0 saturated carbocycles. The van der Waals surface area contributed by atoms with E-state index in [1.165, 1.54) is 11.8 Å². The van der Waals surface area contributed by atoms with Gasteiger partial charge in [-0.3, -0.25) is 4.79 Å². The number of carboxylic acid groups (broad SMARTS) is 1. The molecule has 0 spiro atoms. The lowest BCUT2D eigenvalue weighted by atomic mass is 10.2. The molecule has 0 bridgehead atoms. The fourth-order valence-corrected chi connectivity index (χ4v) is 1.99. The van der Waals surface area contributed by atoms with Gasteiger partial charge >= 0.3 is 5.97 Å². The molecule has 6 nitrogen and oxygen atoms in total. The Bertz CT molecular complexity index is 454. The molecule has 1 amide bonds. The minimum atomic E-state index is -1.03. The Labute approximate surface area is 116 Å². The molecule has 0 aromatic carbocycles. The maximum Gasteiger partial charge on any atom is 0.326 e. The highest BCUT2D eigenvalue weighted by Gasteiger charge is 2.21. The number of aliphatic carboxylic acids is 1. The number of hydrogen-bond donors (Lipinski definition) is 3. The van der Waals surface area contributed by atoms with Crippen LogP contribution in [0, 0.1) is 0 Å². The van der Waals surface area contributed by atoms with Gasteiger partial charge in [0.2, 0.25) is 0 Å². The van der Waals surface area contributed by atoms with Crippen molar-refractivity contribution in [2.45, 2.75) is 12.5 Å².